The van der Waals surface area contributed by atoms with E-state index in [4.69, 9.17) is 10.5 Å². The highest BCUT2D eigenvalue weighted by atomic mass is 19.3. The maximum absolute atomic E-state index is 13.1. The normalized spacial score (nSPS) is 17.6. The van der Waals surface area contributed by atoms with Gasteiger partial charge in [0.15, 0.2) is 0 Å². The molecule has 150 valence electrons. The number of pyridine rings is 1. The first-order valence-corrected chi connectivity index (χ1v) is 8.60. The lowest BCUT2D eigenvalue weighted by atomic mass is 9.93. The van der Waals surface area contributed by atoms with Gasteiger partial charge in [0.1, 0.15) is 18.3 Å². The van der Waals surface area contributed by atoms with E-state index in [2.05, 4.69) is 4.98 Å². The third kappa shape index (κ3) is 4.16. The molecule has 1 amide bonds. The number of rotatable bonds is 7. The van der Waals surface area contributed by atoms with Crippen LogP contribution < -0.4 is 11.1 Å². The molecule has 0 bridgehead atoms. The molecule has 6 nitrogen and oxygen atoms in total. The minimum Gasteiger partial charge on any atom is -0.386 e. The number of nitrogens with two attached hydrogens (primary N) is 1. The number of alkyl halides is 3. The van der Waals surface area contributed by atoms with Gasteiger partial charge in [-0.25, -0.2) is 4.39 Å². The molecule has 0 saturated carbocycles. The molecule has 0 radical (unpaired) electrons. The zero-order valence-corrected chi connectivity index (χ0v) is 14.8. The molecule has 0 aliphatic carbocycles. The van der Waals surface area contributed by atoms with Crippen LogP contribution >= 0.6 is 0 Å². The van der Waals surface area contributed by atoms with Crippen molar-refractivity contribution in [2.24, 2.45) is 5.73 Å². The number of aliphatic hydroxyl groups is 1. The molecule has 28 heavy (non-hydrogen) atoms. The lowest BCUT2D eigenvalue weighted by molar-refractivity contribution is -0.133. The van der Waals surface area contributed by atoms with Crippen LogP contribution in [0.4, 0.5) is 13.2 Å². The maximum Gasteiger partial charge on any atom is 0.315 e. The number of carbonyl (C=O) groups is 1. The molecule has 0 spiro atoms. The van der Waals surface area contributed by atoms with Crippen LogP contribution in [-0.4, -0.2) is 48.4 Å². The van der Waals surface area contributed by atoms with Crippen molar-refractivity contribution in [1.82, 2.24) is 10.3 Å². The molecule has 1 aromatic carbocycles. The van der Waals surface area contributed by atoms with Crippen molar-refractivity contribution in [3.8, 4) is 11.1 Å². The molecule has 1 aromatic heterocycles. The number of hydrogen-bond donors (Lipinski definition) is 3. The first kappa shape index (κ1) is 20.2. The summed E-state index contributed by atoms with van der Waals surface area (Å²) in [5, 5.41) is 12.0. The molecule has 1 saturated heterocycles. The predicted octanol–water partition coefficient (Wildman–Crippen LogP) is 1.69. The lowest BCUT2D eigenvalue weighted by Gasteiger charge is -2.37. The van der Waals surface area contributed by atoms with Gasteiger partial charge in [-0.2, -0.15) is 8.78 Å². The van der Waals surface area contributed by atoms with E-state index in [1.165, 1.54) is 12.1 Å². The standard InChI is InChI=1S/C19H20F3N3O3/c20-7-14(25-18(27)17(21)22)16(26)12-3-1-11(2-4-12)13-5-6-15(24-8-13)19(23)9-28-10-19/h1-6,8,14,16-17,26H,7,9-10,23H2,(H,25,27)/t14-,16-/m1/s1. The Bertz CT molecular complexity index is 811. The minimum absolute atomic E-state index is 0.290. The molecule has 4 N–H and O–H groups in total. The van der Waals surface area contributed by atoms with Crippen molar-refractivity contribution in [2.45, 2.75) is 24.1 Å². The van der Waals surface area contributed by atoms with E-state index in [1.54, 1.807) is 23.6 Å². The molecule has 2 atom stereocenters. The molecule has 1 aliphatic rings. The molecule has 3 rings (SSSR count). The Labute approximate surface area is 159 Å². The number of carbonyl (C=O) groups excluding carboxylic acids is 1. The summed E-state index contributed by atoms with van der Waals surface area (Å²) in [6, 6.07) is 8.66. The highest BCUT2D eigenvalue weighted by molar-refractivity contribution is 5.79. The second-order valence-electron chi connectivity index (χ2n) is 6.72. The number of benzene rings is 1. The van der Waals surface area contributed by atoms with E-state index < -0.39 is 36.7 Å². The number of aliphatic hydroxyl groups excluding tert-OH is 1. The number of nitrogens with zero attached hydrogens (tertiary/aromatic N) is 1. The van der Waals surface area contributed by atoms with E-state index in [-0.39, 0.29) is 5.56 Å². The van der Waals surface area contributed by atoms with Crippen molar-refractivity contribution in [1.29, 1.82) is 0 Å². The van der Waals surface area contributed by atoms with Gasteiger partial charge in [-0.1, -0.05) is 30.3 Å². The number of ether oxygens (including phenoxy) is 1. The van der Waals surface area contributed by atoms with Crippen LogP contribution in [-0.2, 0) is 15.1 Å². The topological polar surface area (TPSA) is 97.5 Å². The van der Waals surface area contributed by atoms with E-state index in [1.807, 2.05) is 12.1 Å². The van der Waals surface area contributed by atoms with Crippen molar-refractivity contribution in [3.63, 3.8) is 0 Å². The lowest BCUT2D eigenvalue weighted by Crippen LogP contribution is -2.54. The van der Waals surface area contributed by atoms with Crippen LogP contribution in [0.3, 0.4) is 0 Å². The molecule has 2 heterocycles. The Morgan fingerprint density at radius 2 is 1.86 bits per heavy atom. The smallest absolute Gasteiger partial charge is 0.315 e. The maximum atomic E-state index is 13.1. The van der Waals surface area contributed by atoms with Gasteiger partial charge in [0.25, 0.3) is 5.91 Å². The zero-order chi connectivity index (χ0) is 20.3. The Balaban J connectivity index is 1.71. The Morgan fingerprint density at radius 1 is 1.21 bits per heavy atom. The summed E-state index contributed by atoms with van der Waals surface area (Å²) in [6.45, 7) is -0.342. The number of hydrogen-bond acceptors (Lipinski definition) is 5. The average Bonchev–Trinajstić information content (AvgIpc) is 2.69. The number of amides is 1. The van der Waals surface area contributed by atoms with Crippen molar-refractivity contribution < 1.29 is 27.8 Å². The summed E-state index contributed by atoms with van der Waals surface area (Å²) >= 11 is 0. The summed E-state index contributed by atoms with van der Waals surface area (Å²) in [5.41, 5.74) is 8.20. The first-order valence-electron chi connectivity index (χ1n) is 8.60. The minimum atomic E-state index is -3.28. The molecule has 1 fully saturated rings. The fourth-order valence-electron chi connectivity index (χ4n) is 2.88. The first-order chi connectivity index (χ1) is 13.3. The summed E-state index contributed by atoms with van der Waals surface area (Å²) in [7, 11) is 0. The third-order valence-corrected chi connectivity index (χ3v) is 4.65. The predicted molar refractivity (Wildman–Crippen MR) is 95.2 cm³/mol. The summed E-state index contributed by atoms with van der Waals surface area (Å²) in [4.78, 5) is 15.4. The third-order valence-electron chi connectivity index (χ3n) is 4.65. The SMILES string of the molecule is NC1(c2ccc(-c3ccc([C@@H](O)[C@@H](CF)NC(=O)C(F)F)cc3)cn2)COC1. The second-order valence-corrected chi connectivity index (χ2v) is 6.72. The molecular formula is C19H20F3N3O3. The monoisotopic (exact) mass is 395 g/mol. The zero-order valence-electron chi connectivity index (χ0n) is 14.8. The number of halogens is 3. The fourth-order valence-corrected chi connectivity index (χ4v) is 2.88. The molecule has 2 aromatic rings. The molecule has 0 unspecified atom stereocenters. The van der Waals surface area contributed by atoms with Gasteiger partial charge in [0.2, 0.25) is 0 Å². The van der Waals surface area contributed by atoms with E-state index in [0.29, 0.717) is 13.2 Å². The summed E-state index contributed by atoms with van der Waals surface area (Å²) < 4.78 is 42.9. The Hall–Kier alpha value is -2.49. The van der Waals surface area contributed by atoms with E-state index in [0.717, 1.165) is 16.8 Å². The fraction of sp³-hybridized carbons (Fsp3) is 0.368. The van der Waals surface area contributed by atoms with Crippen LogP contribution in [0.1, 0.15) is 17.4 Å². The van der Waals surface area contributed by atoms with Gasteiger partial charge in [-0.3, -0.25) is 9.78 Å². The van der Waals surface area contributed by atoms with Gasteiger partial charge < -0.3 is 20.9 Å². The largest absolute Gasteiger partial charge is 0.386 e. The van der Waals surface area contributed by atoms with Gasteiger partial charge >= 0.3 is 6.43 Å². The van der Waals surface area contributed by atoms with Crippen LogP contribution in [0.5, 0.6) is 0 Å². The van der Waals surface area contributed by atoms with Crippen LogP contribution in [0.2, 0.25) is 0 Å². The number of nitrogens with one attached hydrogen (secondary N) is 1. The average molecular weight is 395 g/mol. The quantitative estimate of drug-likeness (QED) is 0.663. The van der Waals surface area contributed by atoms with Gasteiger partial charge in [-0.05, 0) is 17.2 Å². The van der Waals surface area contributed by atoms with Crippen LogP contribution in [0.15, 0.2) is 42.6 Å². The molecule has 1 aliphatic heterocycles. The molecule has 9 heteroatoms. The van der Waals surface area contributed by atoms with E-state index in [9.17, 15) is 23.1 Å². The van der Waals surface area contributed by atoms with Crippen LogP contribution in [0, 0.1) is 0 Å². The van der Waals surface area contributed by atoms with Crippen molar-refractivity contribution in [2.75, 3.05) is 19.9 Å². The Kier molecular flexibility index (Phi) is 5.97. The second kappa shape index (κ2) is 8.26. The van der Waals surface area contributed by atoms with Gasteiger partial charge in [0, 0.05) is 11.8 Å². The summed E-state index contributed by atoms with van der Waals surface area (Å²) in [6.07, 6.45) is -3.07. The van der Waals surface area contributed by atoms with Gasteiger partial charge in [0.05, 0.1) is 24.9 Å². The van der Waals surface area contributed by atoms with Crippen LogP contribution in [0.25, 0.3) is 11.1 Å². The van der Waals surface area contributed by atoms with Gasteiger partial charge in [-0.15, -0.1) is 0 Å². The Morgan fingerprint density at radius 3 is 2.32 bits per heavy atom. The molecular weight excluding hydrogens is 375 g/mol. The van der Waals surface area contributed by atoms with Crippen molar-refractivity contribution in [3.05, 3.63) is 53.9 Å². The highest BCUT2D eigenvalue weighted by Gasteiger charge is 2.37. The summed E-state index contributed by atoms with van der Waals surface area (Å²) in [5.74, 6) is -1.63. The van der Waals surface area contributed by atoms with E-state index >= 15 is 0 Å². The van der Waals surface area contributed by atoms with Crippen molar-refractivity contribution >= 4 is 5.91 Å². The highest BCUT2D eigenvalue weighted by Crippen LogP contribution is 2.28. The number of aromatic nitrogens is 1.